The van der Waals surface area contributed by atoms with Crippen LogP contribution in [0.25, 0.3) is 33.3 Å². The molecule has 4 aromatic rings. The Morgan fingerprint density at radius 3 is 1.48 bits per heavy atom. The lowest BCUT2D eigenvalue weighted by Gasteiger charge is -2.12. The van der Waals surface area contributed by atoms with E-state index in [0.717, 1.165) is 23.9 Å². The van der Waals surface area contributed by atoms with Crippen LogP contribution in [0, 0.1) is 0 Å². The lowest BCUT2D eigenvalue weighted by molar-refractivity contribution is 1.14. The fourth-order valence-corrected chi connectivity index (χ4v) is 4.06. The van der Waals surface area contributed by atoms with Gasteiger partial charge in [0.25, 0.3) is 0 Å². The summed E-state index contributed by atoms with van der Waals surface area (Å²) in [4.78, 5) is 0. The number of benzene rings is 3. The Morgan fingerprint density at radius 1 is 0.600 bits per heavy atom. The molecule has 0 bridgehead atoms. The smallest absolute Gasteiger partial charge is 0.113 e. The van der Waals surface area contributed by atoms with E-state index in [0.29, 0.717) is 0 Å². The highest BCUT2D eigenvalue weighted by molar-refractivity contribution is 7.00. The van der Waals surface area contributed by atoms with Crippen LogP contribution in [0.3, 0.4) is 0 Å². The van der Waals surface area contributed by atoms with Crippen LogP contribution < -0.4 is 0 Å². The summed E-state index contributed by atoms with van der Waals surface area (Å²) in [6, 6.07) is 21.6. The zero-order valence-electron chi connectivity index (χ0n) is 14.5. The predicted molar refractivity (Wildman–Crippen MR) is 107 cm³/mol. The third-order valence-corrected chi connectivity index (χ3v) is 5.32. The first kappa shape index (κ1) is 16.0. The Kier molecular flexibility index (Phi) is 4.33. The molecular weight excluding hydrogens is 324 g/mol. The zero-order chi connectivity index (χ0) is 17.2. The van der Waals surface area contributed by atoms with E-state index in [4.69, 9.17) is 0 Å². The second-order valence-corrected chi connectivity index (χ2v) is 6.67. The summed E-state index contributed by atoms with van der Waals surface area (Å²) in [7, 11) is 0. The molecule has 0 N–H and O–H groups in total. The minimum absolute atomic E-state index is 1.01. The fourth-order valence-electron chi connectivity index (χ4n) is 3.48. The largest absolute Gasteiger partial charge is 0.172 e. The van der Waals surface area contributed by atoms with Crippen molar-refractivity contribution in [3.8, 4) is 22.3 Å². The van der Waals surface area contributed by atoms with Crippen LogP contribution in [0.15, 0.2) is 60.7 Å². The normalized spacial score (nSPS) is 11.1. The molecule has 0 radical (unpaired) electrons. The van der Waals surface area contributed by atoms with Gasteiger partial charge in [0.15, 0.2) is 0 Å². The Bertz CT molecular complexity index is 952. The number of fused-ring (bicyclic) bond motifs is 1. The van der Waals surface area contributed by atoms with Crippen molar-refractivity contribution >= 4 is 22.8 Å². The van der Waals surface area contributed by atoms with Crippen molar-refractivity contribution < 1.29 is 0 Å². The first-order valence-corrected chi connectivity index (χ1v) is 9.48. The lowest BCUT2D eigenvalue weighted by Crippen LogP contribution is -1.92. The summed E-state index contributed by atoms with van der Waals surface area (Å²) in [5, 5.41) is 0. The Hall–Kier alpha value is -2.52. The quantitative estimate of drug-likeness (QED) is 0.444. The van der Waals surface area contributed by atoms with Crippen LogP contribution in [0.4, 0.5) is 0 Å². The van der Waals surface area contributed by atoms with E-state index in [2.05, 4.69) is 83.3 Å². The highest BCUT2D eigenvalue weighted by Crippen LogP contribution is 2.37. The van der Waals surface area contributed by atoms with Crippen LogP contribution in [-0.2, 0) is 12.8 Å². The van der Waals surface area contributed by atoms with E-state index < -0.39 is 0 Å². The maximum atomic E-state index is 4.64. The van der Waals surface area contributed by atoms with Gasteiger partial charge in [-0.2, -0.15) is 8.75 Å². The van der Waals surface area contributed by atoms with Crippen molar-refractivity contribution in [2.24, 2.45) is 0 Å². The van der Waals surface area contributed by atoms with Crippen LogP contribution in [-0.4, -0.2) is 8.75 Å². The number of hydrogen-bond donors (Lipinski definition) is 0. The molecule has 0 saturated heterocycles. The predicted octanol–water partition coefficient (Wildman–Crippen LogP) is 6.15. The van der Waals surface area contributed by atoms with Crippen molar-refractivity contribution in [2.75, 3.05) is 0 Å². The third-order valence-electron chi connectivity index (χ3n) is 4.79. The van der Waals surface area contributed by atoms with Crippen molar-refractivity contribution in [1.82, 2.24) is 8.75 Å². The lowest BCUT2D eigenvalue weighted by atomic mass is 9.92. The minimum Gasteiger partial charge on any atom is -0.172 e. The summed E-state index contributed by atoms with van der Waals surface area (Å²) in [6.07, 6.45) is 2.02. The molecule has 2 nitrogen and oxygen atoms in total. The second-order valence-electron chi connectivity index (χ2n) is 6.14. The van der Waals surface area contributed by atoms with E-state index >= 15 is 0 Å². The summed E-state index contributed by atoms with van der Waals surface area (Å²) in [5.74, 6) is 0. The van der Waals surface area contributed by atoms with Crippen LogP contribution in [0.5, 0.6) is 0 Å². The number of nitrogens with zero attached hydrogens (tertiary/aromatic N) is 2. The Morgan fingerprint density at radius 2 is 1.04 bits per heavy atom. The van der Waals surface area contributed by atoms with Gasteiger partial charge >= 0.3 is 0 Å². The molecular formula is C22H20N2S. The van der Waals surface area contributed by atoms with Gasteiger partial charge in [-0.05, 0) is 35.1 Å². The van der Waals surface area contributed by atoms with Crippen molar-refractivity contribution in [3.63, 3.8) is 0 Å². The molecule has 0 aliphatic carbocycles. The molecule has 0 unspecified atom stereocenters. The molecule has 0 amide bonds. The molecule has 3 heteroatoms. The van der Waals surface area contributed by atoms with E-state index in [1.165, 1.54) is 45.1 Å². The average molecular weight is 344 g/mol. The van der Waals surface area contributed by atoms with Gasteiger partial charge in [0.1, 0.15) is 11.0 Å². The number of aromatic nitrogens is 2. The van der Waals surface area contributed by atoms with Gasteiger partial charge < -0.3 is 0 Å². The van der Waals surface area contributed by atoms with E-state index in [9.17, 15) is 0 Å². The third kappa shape index (κ3) is 2.75. The minimum atomic E-state index is 1.01. The molecule has 1 heterocycles. The molecule has 0 saturated carbocycles. The molecule has 0 atom stereocenters. The Balaban J connectivity index is 1.97. The fraction of sp³-hybridized carbons (Fsp3) is 0.182. The van der Waals surface area contributed by atoms with Crippen molar-refractivity contribution in [2.45, 2.75) is 26.7 Å². The maximum absolute atomic E-state index is 4.64. The monoisotopic (exact) mass is 344 g/mol. The van der Waals surface area contributed by atoms with Crippen LogP contribution in [0.1, 0.15) is 25.0 Å². The maximum Gasteiger partial charge on any atom is 0.113 e. The standard InChI is InChI=1S/C22H20N2S/c1-3-15-9-5-7-11-17(15)19-13-14-20(22-21(19)23-25-24-22)18-12-8-6-10-16(18)4-2/h5-14H,3-4H2,1-2H3. The van der Waals surface area contributed by atoms with Gasteiger partial charge in [-0.3, -0.25) is 0 Å². The Labute approximate surface area is 152 Å². The van der Waals surface area contributed by atoms with Crippen LogP contribution in [0.2, 0.25) is 0 Å². The van der Waals surface area contributed by atoms with Gasteiger partial charge in [0, 0.05) is 11.1 Å². The van der Waals surface area contributed by atoms with Crippen molar-refractivity contribution in [3.05, 3.63) is 71.8 Å². The number of aryl methyl sites for hydroxylation is 2. The van der Waals surface area contributed by atoms with Gasteiger partial charge in [-0.15, -0.1) is 0 Å². The molecule has 0 spiro atoms. The molecule has 124 valence electrons. The topological polar surface area (TPSA) is 25.8 Å². The summed E-state index contributed by atoms with van der Waals surface area (Å²) >= 11 is 1.30. The second kappa shape index (κ2) is 6.77. The first-order chi connectivity index (χ1) is 12.3. The average Bonchev–Trinajstić information content (AvgIpc) is 3.17. The molecule has 3 aromatic carbocycles. The van der Waals surface area contributed by atoms with Gasteiger partial charge in [-0.25, -0.2) is 0 Å². The molecule has 25 heavy (non-hydrogen) atoms. The molecule has 4 rings (SSSR count). The number of hydrogen-bond acceptors (Lipinski definition) is 3. The molecule has 1 aromatic heterocycles. The zero-order valence-corrected chi connectivity index (χ0v) is 15.3. The summed E-state index contributed by atoms with van der Waals surface area (Å²) in [5.41, 5.74) is 9.59. The molecule has 0 aliphatic rings. The highest BCUT2D eigenvalue weighted by Gasteiger charge is 2.16. The highest BCUT2D eigenvalue weighted by atomic mass is 32.1. The number of rotatable bonds is 4. The molecule has 0 aliphatic heterocycles. The summed E-state index contributed by atoms with van der Waals surface area (Å²) in [6.45, 7) is 4.39. The van der Waals surface area contributed by atoms with Gasteiger partial charge in [-0.1, -0.05) is 74.5 Å². The van der Waals surface area contributed by atoms with E-state index in [1.54, 1.807) is 0 Å². The van der Waals surface area contributed by atoms with Gasteiger partial charge in [0.2, 0.25) is 0 Å². The van der Waals surface area contributed by atoms with Crippen molar-refractivity contribution in [1.29, 1.82) is 0 Å². The summed E-state index contributed by atoms with van der Waals surface area (Å²) < 4.78 is 9.29. The molecule has 0 fully saturated rings. The van der Waals surface area contributed by atoms with Crippen LogP contribution >= 0.6 is 11.7 Å². The van der Waals surface area contributed by atoms with E-state index in [-0.39, 0.29) is 0 Å². The van der Waals surface area contributed by atoms with Gasteiger partial charge in [0.05, 0.1) is 11.7 Å². The SMILES string of the molecule is CCc1ccccc1-c1ccc(-c2ccccc2CC)c2nsnc12. The van der Waals surface area contributed by atoms with E-state index in [1.807, 2.05) is 0 Å². The first-order valence-electron chi connectivity index (χ1n) is 8.75.